The molecule has 0 aromatic carbocycles. The molecule has 0 radical (unpaired) electrons. The minimum Gasteiger partial charge on any atom is -0.468 e. The SMILES string of the molecule is CCC[C@@](C)(C(=O)OC)N1CC=CC1. The Morgan fingerprint density at radius 1 is 1.50 bits per heavy atom. The largest absolute Gasteiger partial charge is 0.468 e. The number of carbonyl (C=O) groups is 1. The number of nitrogens with zero attached hydrogens (tertiary/aromatic N) is 1. The first-order valence-electron chi connectivity index (χ1n) is 5.13. The van der Waals surface area contributed by atoms with Crippen LogP contribution in [-0.4, -0.2) is 36.6 Å². The molecule has 80 valence electrons. The quantitative estimate of drug-likeness (QED) is 0.506. The van der Waals surface area contributed by atoms with Gasteiger partial charge in [0.2, 0.25) is 0 Å². The zero-order valence-electron chi connectivity index (χ0n) is 9.25. The van der Waals surface area contributed by atoms with Crippen LogP contribution in [0.4, 0.5) is 0 Å². The summed E-state index contributed by atoms with van der Waals surface area (Å²) in [5, 5.41) is 0. The highest BCUT2D eigenvalue weighted by Crippen LogP contribution is 2.24. The maximum absolute atomic E-state index is 11.7. The fraction of sp³-hybridized carbons (Fsp3) is 0.727. The summed E-state index contributed by atoms with van der Waals surface area (Å²) in [6.45, 7) is 5.76. The summed E-state index contributed by atoms with van der Waals surface area (Å²) in [5.74, 6) is -0.122. The van der Waals surface area contributed by atoms with Crippen molar-refractivity contribution in [1.82, 2.24) is 4.90 Å². The number of rotatable bonds is 4. The van der Waals surface area contributed by atoms with Gasteiger partial charge < -0.3 is 4.74 Å². The molecule has 1 rings (SSSR count). The molecule has 14 heavy (non-hydrogen) atoms. The second-order valence-electron chi connectivity index (χ2n) is 3.89. The van der Waals surface area contributed by atoms with E-state index in [2.05, 4.69) is 24.0 Å². The van der Waals surface area contributed by atoms with E-state index < -0.39 is 5.54 Å². The normalized spacial score (nSPS) is 20.8. The van der Waals surface area contributed by atoms with Gasteiger partial charge in [-0.2, -0.15) is 0 Å². The van der Waals surface area contributed by atoms with Crippen molar-refractivity contribution in [2.24, 2.45) is 0 Å². The molecule has 0 saturated heterocycles. The van der Waals surface area contributed by atoms with E-state index >= 15 is 0 Å². The van der Waals surface area contributed by atoms with Gasteiger partial charge in [0, 0.05) is 13.1 Å². The minimum atomic E-state index is -0.451. The highest BCUT2D eigenvalue weighted by molar-refractivity contribution is 5.80. The second-order valence-corrected chi connectivity index (χ2v) is 3.89. The molecule has 0 bridgehead atoms. The molecule has 1 aliphatic rings. The van der Waals surface area contributed by atoms with E-state index in [1.807, 2.05) is 6.92 Å². The van der Waals surface area contributed by atoms with Crippen LogP contribution in [0.25, 0.3) is 0 Å². The summed E-state index contributed by atoms with van der Waals surface area (Å²) in [6, 6.07) is 0. The van der Waals surface area contributed by atoms with Crippen molar-refractivity contribution in [3.05, 3.63) is 12.2 Å². The van der Waals surface area contributed by atoms with Gasteiger partial charge in [0.25, 0.3) is 0 Å². The number of hydrogen-bond acceptors (Lipinski definition) is 3. The molecule has 0 aliphatic carbocycles. The third kappa shape index (κ3) is 1.98. The number of hydrogen-bond donors (Lipinski definition) is 0. The lowest BCUT2D eigenvalue weighted by molar-refractivity contribution is -0.154. The predicted molar refractivity (Wildman–Crippen MR) is 56.0 cm³/mol. The van der Waals surface area contributed by atoms with Gasteiger partial charge in [-0.05, 0) is 13.3 Å². The van der Waals surface area contributed by atoms with Crippen LogP contribution in [0.2, 0.25) is 0 Å². The van der Waals surface area contributed by atoms with Crippen LogP contribution in [0, 0.1) is 0 Å². The summed E-state index contributed by atoms with van der Waals surface area (Å²) in [4.78, 5) is 13.9. The first-order chi connectivity index (χ1) is 6.65. The van der Waals surface area contributed by atoms with Crippen molar-refractivity contribution >= 4 is 5.97 Å². The number of ether oxygens (including phenoxy) is 1. The highest BCUT2D eigenvalue weighted by Gasteiger charge is 2.39. The topological polar surface area (TPSA) is 29.5 Å². The van der Waals surface area contributed by atoms with E-state index in [4.69, 9.17) is 4.74 Å². The number of methoxy groups -OCH3 is 1. The van der Waals surface area contributed by atoms with Crippen LogP contribution in [-0.2, 0) is 9.53 Å². The molecular weight excluding hydrogens is 178 g/mol. The van der Waals surface area contributed by atoms with Crippen LogP contribution in [0.1, 0.15) is 26.7 Å². The van der Waals surface area contributed by atoms with Crippen LogP contribution in [0.5, 0.6) is 0 Å². The third-order valence-electron chi connectivity index (χ3n) is 2.88. The zero-order valence-corrected chi connectivity index (χ0v) is 9.25. The van der Waals surface area contributed by atoms with Crippen LogP contribution in [0.3, 0.4) is 0 Å². The van der Waals surface area contributed by atoms with E-state index in [1.54, 1.807) is 0 Å². The van der Waals surface area contributed by atoms with Crippen LogP contribution < -0.4 is 0 Å². The lowest BCUT2D eigenvalue weighted by atomic mass is 9.94. The van der Waals surface area contributed by atoms with Crippen molar-refractivity contribution in [3.8, 4) is 0 Å². The summed E-state index contributed by atoms with van der Waals surface area (Å²) in [5.41, 5.74) is -0.451. The average molecular weight is 197 g/mol. The Hall–Kier alpha value is -0.830. The molecule has 0 amide bonds. The lowest BCUT2D eigenvalue weighted by Crippen LogP contribution is -2.51. The van der Waals surface area contributed by atoms with Crippen molar-refractivity contribution in [1.29, 1.82) is 0 Å². The second kappa shape index (κ2) is 4.60. The molecule has 1 heterocycles. The van der Waals surface area contributed by atoms with E-state index in [0.717, 1.165) is 25.9 Å². The van der Waals surface area contributed by atoms with Crippen molar-refractivity contribution in [2.75, 3.05) is 20.2 Å². The van der Waals surface area contributed by atoms with Gasteiger partial charge in [-0.15, -0.1) is 0 Å². The molecule has 0 aromatic rings. The van der Waals surface area contributed by atoms with Gasteiger partial charge in [0.15, 0.2) is 0 Å². The lowest BCUT2D eigenvalue weighted by Gasteiger charge is -2.35. The average Bonchev–Trinajstić information content (AvgIpc) is 2.70. The fourth-order valence-corrected chi connectivity index (χ4v) is 1.98. The van der Waals surface area contributed by atoms with Crippen LogP contribution >= 0.6 is 0 Å². The third-order valence-corrected chi connectivity index (χ3v) is 2.88. The summed E-state index contributed by atoms with van der Waals surface area (Å²) in [6.07, 6.45) is 6.02. The first kappa shape index (κ1) is 11.2. The van der Waals surface area contributed by atoms with Crippen molar-refractivity contribution in [2.45, 2.75) is 32.2 Å². The van der Waals surface area contributed by atoms with E-state index in [9.17, 15) is 4.79 Å². The molecule has 1 aliphatic heterocycles. The number of carbonyl (C=O) groups excluding carboxylic acids is 1. The van der Waals surface area contributed by atoms with E-state index in [-0.39, 0.29) is 5.97 Å². The molecule has 3 heteroatoms. The maximum Gasteiger partial charge on any atom is 0.326 e. The van der Waals surface area contributed by atoms with Crippen molar-refractivity contribution < 1.29 is 9.53 Å². The molecule has 0 fully saturated rings. The van der Waals surface area contributed by atoms with E-state index in [1.165, 1.54) is 7.11 Å². The Labute approximate surface area is 85.7 Å². The standard InChI is InChI=1S/C11H19NO2/c1-4-7-11(2,10(13)14-3)12-8-5-6-9-12/h5-6H,4,7-9H2,1-3H3/t11-/m0/s1. The molecule has 0 N–H and O–H groups in total. The molecular formula is C11H19NO2. The highest BCUT2D eigenvalue weighted by atomic mass is 16.5. The Balaban J connectivity index is 2.74. The molecule has 0 unspecified atom stereocenters. The Bertz CT molecular complexity index is 229. The smallest absolute Gasteiger partial charge is 0.326 e. The number of esters is 1. The summed E-state index contributed by atoms with van der Waals surface area (Å²) in [7, 11) is 1.46. The molecule has 0 aromatic heterocycles. The van der Waals surface area contributed by atoms with Crippen LogP contribution in [0.15, 0.2) is 12.2 Å². The first-order valence-corrected chi connectivity index (χ1v) is 5.13. The Kier molecular flexibility index (Phi) is 3.69. The maximum atomic E-state index is 11.7. The minimum absolute atomic E-state index is 0.122. The predicted octanol–water partition coefficient (Wildman–Crippen LogP) is 1.59. The van der Waals surface area contributed by atoms with Gasteiger partial charge in [-0.1, -0.05) is 25.5 Å². The van der Waals surface area contributed by atoms with Gasteiger partial charge in [0.05, 0.1) is 7.11 Å². The van der Waals surface area contributed by atoms with E-state index in [0.29, 0.717) is 0 Å². The monoisotopic (exact) mass is 197 g/mol. The summed E-state index contributed by atoms with van der Waals surface area (Å²) < 4.78 is 4.87. The Morgan fingerprint density at radius 3 is 2.50 bits per heavy atom. The van der Waals surface area contributed by atoms with Gasteiger partial charge in [-0.3, -0.25) is 9.69 Å². The van der Waals surface area contributed by atoms with Gasteiger partial charge in [0.1, 0.15) is 5.54 Å². The molecule has 1 atom stereocenters. The summed E-state index contributed by atoms with van der Waals surface area (Å²) >= 11 is 0. The molecule has 0 spiro atoms. The van der Waals surface area contributed by atoms with Gasteiger partial charge >= 0.3 is 5.97 Å². The molecule has 0 saturated carbocycles. The Morgan fingerprint density at radius 2 is 2.07 bits per heavy atom. The fourth-order valence-electron chi connectivity index (χ4n) is 1.98. The van der Waals surface area contributed by atoms with Gasteiger partial charge in [-0.25, -0.2) is 0 Å². The van der Waals surface area contributed by atoms with Crippen molar-refractivity contribution in [3.63, 3.8) is 0 Å². The zero-order chi connectivity index (χ0) is 10.6. The molecule has 3 nitrogen and oxygen atoms in total.